The van der Waals surface area contributed by atoms with Crippen molar-refractivity contribution in [2.45, 2.75) is 12.5 Å². The van der Waals surface area contributed by atoms with Crippen molar-refractivity contribution < 1.29 is 15.0 Å². The summed E-state index contributed by atoms with van der Waals surface area (Å²) in [4.78, 5) is 9.89. The topological polar surface area (TPSA) is 57.5 Å². The first-order valence-corrected chi connectivity index (χ1v) is 3.07. The van der Waals surface area contributed by atoms with Crippen LogP contribution >= 0.6 is 15.9 Å². The number of carboxylic acid groups (broad SMARTS) is 1. The first kappa shape index (κ1) is 8.65. The average molecular weight is 195 g/mol. The molecule has 0 amide bonds. The summed E-state index contributed by atoms with van der Waals surface area (Å²) in [5, 5.41) is 16.9. The first-order valence-electron chi connectivity index (χ1n) is 2.28. The van der Waals surface area contributed by atoms with Gasteiger partial charge in [0.1, 0.15) is 0 Å². The lowest BCUT2D eigenvalue weighted by Gasteiger charge is -2.02. The van der Waals surface area contributed by atoms with Crippen LogP contribution in [0.2, 0.25) is 0 Å². The van der Waals surface area contributed by atoms with Crippen LogP contribution in [0.4, 0.5) is 0 Å². The maximum atomic E-state index is 9.89. The highest BCUT2D eigenvalue weighted by atomic mass is 79.9. The number of aliphatic carboxylic acids is 1. The van der Waals surface area contributed by atoms with Gasteiger partial charge in [-0.3, -0.25) is 4.79 Å². The van der Waals surface area contributed by atoms with E-state index in [1.54, 1.807) is 0 Å². The number of rotatable bonds is 3. The lowest BCUT2D eigenvalue weighted by atomic mass is 10.2. The van der Waals surface area contributed by atoms with E-state index in [0.717, 1.165) is 0 Å². The van der Waals surface area contributed by atoms with Crippen LogP contribution in [0.5, 0.6) is 0 Å². The fourth-order valence-corrected chi connectivity index (χ4v) is 0.438. The van der Waals surface area contributed by atoms with Crippen molar-refractivity contribution in [2.75, 3.05) is 0 Å². The number of hydrogen-bond donors (Lipinski definition) is 2. The van der Waals surface area contributed by atoms with Crippen LogP contribution < -0.4 is 0 Å². The molecule has 0 aromatic rings. The Hall–Kier alpha value is -0.350. The van der Waals surface area contributed by atoms with Crippen LogP contribution in [0.15, 0.2) is 11.1 Å². The Labute approximate surface area is 61.1 Å². The molecule has 0 aliphatic heterocycles. The Morgan fingerprint density at radius 1 is 1.78 bits per heavy atom. The Balaban J connectivity index is 3.63. The second-order valence-corrected chi connectivity index (χ2v) is 2.58. The standard InChI is InChI=1S/C5H7BrO3/c1-3(6)4(7)2-5(8)9/h4,7H,1-2H2,(H,8,9). The van der Waals surface area contributed by atoms with Crippen molar-refractivity contribution in [3.05, 3.63) is 11.1 Å². The highest BCUT2D eigenvalue weighted by molar-refractivity contribution is 9.11. The minimum Gasteiger partial charge on any atom is -0.481 e. The molecule has 2 N–H and O–H groups in total. The van der Waals surface area contributed by atoms with E-state index in [1.807, 2.05) is 0 Å². The molecule has 0 spiro atoms. The van der Waals surface area contributed by atoms with Crippen LogP contribution in [0.25, 0.3) is 0 Å². The third-order valence-electron chi connectivity index (χ3n) is 0.730. The van der Waals surface area contributed by atoms with Gasteiger partial charge < -0.3 is 10.2 Å². The van der Waals surface area contributed by atoms with Crippen LogP contribution in [0, 0.1) is 0 Å². The second kappa shape index (κ2) is 3.63. The summed E-state index contributed by atoms with van der Waals surface area (Å²) in [7, 11) is 0. The maximum absolute atomic E-state index is 9.89. The van der Waals surface area contributed by atoms with Crippen molar-refractivity contribution in [3.63, 3.8) is 0 Å². The molecule has 0 radical (unpaired) electrons. The van der Waals surface area contributed by atoms with Crippen molar-refractivity contribution in [2.24, 2.45) is 0 Å². The smallest absolute Gasteiger partial charge is 0.306 e. The van der Waals surface area contributed by atoms with Crippen LogP contribution in [0.1, 0.15) is 6.42 Å². The van der Waals surface area contributed by atoms with Crippen molar-refractivity contribution in [3.8, 4) is 0 Å². The quantitative estimate of drug-likeness (QED) is 0.697. The maximum Gasteiger partial charge on any atom is 0.306 e. The van der Waals surface area contributed by atoms with Crippen LogP contribution in [-0.4, -0.2) is 22.3 Å². The molecule has 3 nitrogen and oxygen atoms in total. The molecule has 9 heavy (non-hydrogen) atoms. The highest BCUT2D eigenvalue weighted by Crippen LogP contribution is 2.09. The molecule has 0 saturated carbocycles. The van der Waals surface area contributed by atoms with Gasteiger partial charge in [0.2, 0.25) is 0 Å². The molecule has 0 aliphatic rings. The summed E-state index contributed by atoms with van der Waals surface area (Å²) in [6.45, 7) is 3.31. The van der Waals surface area contributed by atoms with Gasteiger partial charge in [-0.2, -0.15) is 0 Å². The first-order chi connectivity index (χ1) is 4.04. The van der Waals surface area contributed by atoms with Gasteiger partial charge in [0, 0.05) is 4.48 Å². The minimum absolute atomic E-state index is 0.296. The molecule has 1 unspecified atom stereocenters. The molecule has 4 heteroatoms. The van der Waals surface area contributed by atoms with Crippen LogP contribution in [-0.2, 0) is 4.79 Å². The minimum atomic E-state index is -1.04. The molecule has 0 bridgehead atoms. The molecule has 0 aliphatic carbocycles. The van der Waals surface area contributed by atoms with E-state index in [0.29, 0.717) is 4.48 Å². The fraction of sp³-hybridized carbons (Fsp3) is 0.400. The Morgan fingerprint density at radius 3 is 2.33 bits per heavy atom. The summed E-state index contributed by atoms with van der Waals surface area (Å²) < 4.78 is 0.296. The number of carboxylic acids is 1. The van der Waals surface area contributed by atoms with Gasteiger partial charge in [-0.1, -0.05) is 22.5 Å². The number of aliphatic hydroxyl groups excluding tert-OH is 1. The Kier molecular flexibility index (Phi) is 3.49. The predicted molar refractivity (Wildman–Crippen MR) is 36.3 cm³/mol. The second-order valence-electron chi connectivity index (χ2n) is 1.56. The van der Waals surface area contributed by atoms with Crippen molar-refractivity contribution in [1.82, 2.24) is 0 Å². The molecule has 1 atom stereocenters. The molecule has 0 aromatic carbocycles. The number of hydrogen-bond acceptors (Lipinski definition) is 2. The number of carbonyl (C=O) groups is 1. The van der Waals surface area contributed by atoms with Gasteiger partial charge in [-0.25, -0.2) is 0 Å². The summed E-state index contributed by atoms with van der Waals surface area (Å²) in [6.07, 6.45) is -1.29. The summed E-state index contributed by atoms with van der Waals surface area (Å²) >= 11 is 2.86. The number of aliphatic hydroxyl groups is 1. The third kappa shape index (κ3) is 4.17. The summed E-state index contributed by atoms with van der Waals surface area (Å²) in [5.41, 5.74) is 0. The molecule has 0 aromatic heterocycles. The van der Waals surface area contributed by atoms with Crippen molar-refractivity contribution >= 4 is 21.9 Å². The van der Waals surface area contributed by atoms with E-state index in [9.17, 15) is 4.79 Å². The molecular formula is C5H7BrO3. The lowest BCUT2D eigenvalue weighted by Crippen LogP contribution is -2.11. The predicted octanol–water partition coefficient (Wildman–Crippen LogP) is 0.731. The molecule has 0 fully saturated rings. The fourth-order valence-electron chi connectivity index (χ4n) is 0.276. The van der Waals surface area contributed by atoms with Crippen molar-refractivity contribution in [1.29, 1.82) is 0 Å². The zero-order valence-electron chi connectivity index (χ0n) is 4.67. The average Bonchev–Trinajstić information content (AvgIpc) is 1.63. The summed E-state index contributed by atoms with van der Waals surface area (Å²) in [6, 6.07) is 0. The Bertz CT molecular complexity index is 132. The molecule has 0 rings (SSSR count). The van der Waals surface area contributed by atoms with E-state index in [4.69, 9.17) is 10.2 Å². The zero-order valence-corrected chi connectivity index (χ0v) is 6.26. The third-order valence-corrected chi connectivity index (χ3v) is 1.26. The highest BCUT2D eigenvalue weighted by Gasteiger charge is 2.09. The lowest BCUT2D eigenvalue weighted by molar-refractivity contribution is -0.138. The molecule has 0 saturated heterocycles. The van der Waals surface area contributed by atoms with E-state index in [2.05, 4.69) is 22.5 Å². The largest absolute Gasteiger partial charge is 0.481 e. The zero-order chi connectivity index (χ0) is 7.44. The molecule has 52 valence electrons. The van der Waals surface area contributed by atoms with Gasteiger partial charge in [0.15, 0.2) is 0 Å². The molecule has 0 heterocycles. The SMILES string of the molecule is C=C(Br)C(O)CC(=O)O. The molecular weight excluding hydrogens is 188 g/mol. The van der Waals surface area contributed by atoms with E-state index < -0.39 is 12.1 Å². The number of halogens is 1. The van der Waals surface area contributed by atoms with Gasteiger partial charge in [0.25, 0.3) is 0 Å². The normalized spacial score (nSPS) is 12.7. The summed E-state index contributed by atoms with van der Waals surface area (Å²) in [5.74, 6) is -1.04. The van der Waals surface area contributed by atoms with Crippen LogP contribution in [0.3, 0.4) is 0 Å². The van der Waals surface area contributed by atoms with E-state index in [-0.39, 0.29) is 6.42 Å². The monoisotopic (exact) mass is 194 g/mol. The van der Waals surface area contributed by atoms with Gasteiger partial charge >= 0.3 is 5.97 Å². The van der Waals surface area contributed by atoms with E-state index in [1.165, 1.54) is 0 Å². The van der Waals surface area contributed by atoms with Gasteiger partial charge in [-0.15, -0.1) is 0 Å². The van der Waals surface area contributed by atoms with Gasteiger partial charge in [0.05, 0.1) is 12.5 Å². The van der Waals surface area contributed by atoms with Gasteiger partial charge in [-0.05, 0) is 0 Å². The Morgan fingerprint density at radius 2 is 2.22 bits per heavy atom. The van der Waals surface area contributed by atoms with E-state index >= 15 is 0 Å².